The quantitative estimate of drug-likeness (QED) is 0.450. The minimum Gasteiger partial charge on any atom is -0.490 e. The molecule has 2 aliphatic heterocycles. The maximum Gasteiger partial charge on any atom is 0.195 e. The maximum atomic E-state index is 6.44. The lowest BCUT2D eigenvalue weighted by atomic mass is 10.0. The molecular weight excluding hydrogens is 412 g/mol. The van der Waals surface area contributed by atoms with Crippen molar-refractivity contribution in [3.8, 4) is 17.2 Å². The summed E-state index contributed by atoms with van der Waals surface area (Å²) in [6.07, 6.45) is 5.43. The summed E-state index contributed by atoms with van der Waals surface area (Å²) in [6, 6.07) is 24.3. The monoisotopic (exact) mass is 438 g/mol. The molecule has 33 heavy (non-hydrogen) atoms. The number of hydrogen-bond acceptors (Lipinski definition) is 5. The van der Waals surface area contributed by atoms with Crippen molar-refractivity contribution in [1.29, 1.82) is 0 Å². The number of hydrogen-bond donors (Lipinski definition) is 1. The zero-order chi connectivity index (χ0) is 22.6. The van der Waals surface area contributed by atoms with Gasteiger partial charge in [0.2, 0.25) is 0 Å². The summed E-state index contributed by atoms with van der Waals surface area (Å²) in [6.45, 7) is 8.36. The van der Waals surface area contributed by atoms with E-state index in [9.17, 15) is 0 Å². The second-order valence-electron chi connectivity index (χ2n) is 7.85. The van der Waals surface area contributed by atoms with E-state index in [-0.39, 0.29) is 12.3 Å². The van der Waals surface area contributed by atoms with Crippen LogP contribution in [0, 0.1) is 0 Å². The molecule has 0 aliphatic carbocycles. The molecule has 2 atom stereocenters. The predicted molar refractivity (Wildman–Crippen MR) is 130 cm³/mol. The SMILES string of the molecule is C=CCOc1ccc(C2=C[C@H]3c4ccccc4O[C@H](c4ccc(OCC=C)cc4)N3N2)cc1. The molecule has 2 heterocycles. The fraction of sp³-hybridized carbons (Fsp3) is 0.143. The van der Waals surface area contributed by atoms with Gasteiger partial charge in [-0.15, -0.1) is 0 Å². The highest BCUT2D eigenvalue weighted by atomic mass is 16.5. The summed E-state index contributed by atoms with van der Waals surface area (Å²) in [5.41, 5.74) is 7.87. The van der Waals surface area contributed by atoms with Crippen molar-refractivity contribution in [2.45, 2.75) is 12.3 Å². The first kappa shape index (κ1) is 20.9. The van der Waals surface area contributed by atoms with Crippen LogP contribution in [0.4, 0.5) is 0 Å². The van der Waals surface area contributed by atoms with Crippen LogP contribution in [0.25, 0.3) is 5.70 Å². The maximum absolute atomic E-state index is 6.44. The molecule has 0 radical (unpaired) electrons. The Labute approximate surface area is 194 Å². The summed E-state index contributed by atoms with van der Waals surface area (Å²) in [7, 11) is 0. The zero-order valence-corrected chi connectivity index (χ0v) is 18.3. The topological polar surface area (TPSA) is 43.0 Å². The van der Waals surface area contributed by atoms with Crippen LogP contribution in [0.3, 0.4) is 0 Å². The summed E-state index contributed by atoms with van der Waals surface area (Å²) in [5.74, 6) is 2.52. The molecule has 0 spiro atoms. The summed E-state index contributed by atoms with van der Waals surface area (Å²) in [4.78, 5) is 0. The molecule has 1 N–H and O–H groups in total. The number of fused-ring (bicyclic) bond motifs is 3. The molecule has 0 unspecified atom stereocenters. The highest BCUT2D eigenvalue weighted by molar-refractivity contribution is 5.68. The van der Waals surface area contributed by atoms with Crippen LogP contribution in [0.15, 0.2) is 104 Å². The number of nitrogens with one attached hydrogen (secondary N) is 1. The molecule has 3 aromatic rings. The van der Waals surface area contributed by atoms with E-state index in [2.05, 4.69) is 47.9 Å². The third kappa shape index (κ3) is 4.23. The minimum absolute atomic E-state index is 0.0448. The zero-order valence-electron chi connectivity index (χ0n) is 18.3. The van der Waals surface area contributed by atoms with Crippen molar-refractivity contribution in [2.75, 3.05) is 13.2 Å². The van der Waals surface area contributed by atoms with Crippen LogP contribution in [-0.2, 0) is 0 Å². The van der Waals surface area contributed by atoms with Crippen molar-refractivity contribution in [2.24, 2.45) is 0 Å². The number of nitrogens with zero attached hydrogens (tertiary/aromatic N) is 1. The Hall–Kier alpha value is -3.96. The first-order valence-electron chi connectivity index (χ1n) is 11.0. The molecule has 0 aromatic heterocycles. The molecule has 0 saturated heterocycles. The Morgan fingerprint density at radius 1 is 0.848 bits per heavy atom. The van der Waals surface area contributed by atoms with Crippen molar-refractivity contribution in [3.05, 3.63) is 121 Å². The molecular formula is C28H26N2O3. The van der Waals surface area contributed by atoms with Gasteiger partial charge in [0, 0.05) is 11.1 Å². The van der Waals surface area contributed by atoms with E-state index >= 15 is 0 Å². The molecule has 5 heteroatoms. The van der Waals surface area contributed by atoms with Gasteiger partial charge in [0.15, 0.2) is 6.23 Å². The third-order valence-corrected chi connectivity index (χ3v) is 5.67. The second-order valence-corrected chi connectivity index (χ2v) is 7.85. The number of hydrazine groups is 1. The molecule has 0 fully saturated rings. The van der Waals surface area contributed by atoms with Gasteiger partial charge in [0.1, 0.15) is 30.5 Å². The normalized spacial score (nSPS) is 18.7. The Morgan fingerprint density at radius 2 is 1.48 bits per heavy atom. The van der Waals surface area contributed by atoms with Gasteiger partial charge in [-0.05, 0) is 54.1 Å². The van der Waals surface area contributed by atoms with Gasteiger partial charge in [-0.3, -0.25) is 0 Å². The van der Waals surface area contributed by atoms with Crippen LogP contribution in [0.2, 0.25) is 0 Å². The summed E-state index contributed by atoms with van der Waals surface area (Å²) >= 11 is 0. The molecule has 3 aromatic carbocycles. The molecule has 5 rings (SSSR count). The van der Waals surface area contributed by atoms with Crippen molar-refractivity contribution >= 4 is 5.70 Å². The van der Waals surface area contributed by atoms with Crippen molar-refractivity contribution in [1.82, 2.24) is 10.4 Å². The fourth-order valence-corrected chi connectivity index (χ4v) is 4.10. The predicted octanol–water partition coefficient (Wildman–Crippen LogP) is 5.81. The average Bonchev–Trinajstić information content (AvgIpc) is 3.32. The van der Waals surface area contributed by atoms with E-state index in [1.54, 1.807) is 12.2 Å². The van der Waals surface area contributed by atoms with Gasteiger partial charge >= 0.3 is 0 Å². The number of para-hydroxylation sites is 1. The Kier molecular flexibility index (Phi) is 5.87. The first-order chi connectivity index (χ1) is 16.3. The largest absolute Gasteiger partial charge is 0.490 e. The van der Waals surface area contributed by atoms with Gasteiger partial charge in [-0.1, -0.05) is 55.6 Å². The Morgan fingerprint density at radius 3 is 2.15 bits per heavy atom. The Balaban J connectivity index is 1.43. The van der Waals surface area contributed by atoms with Crippen molar-refractivity contribution < 1.29 is 14.2 Å². The van der Waals surface area contributed by atoms with Crippen LogP contribution in [-0.4, -0.2) is 18.2 Å². The number of rotatable bonds is 8. The molecule has 166 valence electrons. The molecule has 0 bridgehead atoms. The summed E-state index contributed by atoms with van der Waals surface area (Å²) < 4.78 is 17.7. The smallest absolute Gasteiger partial charge is 0.195 e. The van der Waals surface area contributed by atoms with E-state index < -0.39 is 0 Å². The van der Waals surface area contributed by atoms with Gasteiger partial charge in [0.25, 0.3) is 0 Å². The van der Waals surface area contributed by atoms with Gasteiger partial charge in [-0.2, -0.15) is 5.01 Å². The van der Waals surface area contributed by atoms with Crippen molar-refractivity contribution in [3.63, 3.8) is 0 Å². The van der Waals surface area contributed by atoms with Crippen LogP contribution in [0.5, 0.6) is 17.2 Å². The van der Waals surface area contributed by atoms with E-state index in [0.717, 1.165) is 39.6 Å². The van der Waals surface area contributed by atoms with Crippen LogP contribution >= 0.6 is 0 Å². The summed E-state index contributed by atoms with van der Waals surface area (Å²) in [5, 5.41) is 2.15. The van der Waals surface area contributed by atoms with Gasteiger partial charge in [-0.25, -0.2) is 0 Å². The van der Waals surface area contributed by atoms with Crippen LogP contribution < -0.4 is 19.6 Å². The first-order valence-corrected chi connectivity index (χ1v) is 11.0. The van der Waals surface area contributed by atoms with E-state index in [1.165, 1.54) is 0 Å². The van der Waals surface area contributed by atoms with E-state index in [1.807, 2.05) is 54.6 Å². The van der Waals surface area contributed by atoms with E-state index in [4.69, 9.17) is 14.2 Å². The number of benzene rings is 3. The lowest BCUT2D eigenvalue weighted by Crippen LogP contribution is -2.43. The molecule has 5 nitrogen and oxygen atoms in total. The number of ether oxygens (including phenoxy) is 3. The highest BCUT2D eigenvalue weighted by Crippen LogP contribution is 2.46. The average molecular weight is 439 g/mol. The standard InChI is InChI=1S/C28H26N2O3/c1-3-17-31-22-13-9-20(10-14-22)25-19-26-24-7-5-6-8-27(24)33-28(30(26)29-25)21-11-15-23(16-12-21)32-18-4-2/h3-16,19,26,28-29H,1-2,17-18H2/t26-,28+/m0/s1. The molecule has 0 amide bonds. The fourth-order valence-electron chi connectivity index (χ4n) is 4.10. The second kappa shape index (κ2) is 9.27. The molecule has 0 saturated carbocycles. The van der Waals surface area contributed by atoms with Gasteiger partial charge in [0.05, 0.1) is 11.7 Å². The Bertz CT molecular complexity index is 1170. The van der Waals surface area contributed by atoms with Gasteiger partial charge < -0.3 is 19.6 Å². The lowest BCUT2D eigenvalue weighted by molar-refractivity contribution is -0.0326. The minimum atomic E-state index is -0.290. The van der Waals surface area contributed by atoms with Crippen LogP contribution in [0.1, 0.15) is 29.0 Å². The third-order valence-electron chi connectivity index (χ3n) is 5.67. The highest BCUT2D eigenvalue weighted by Gasteiger charge is 2.40. The molecule has 2 aliphatic rings. The van der Waals surface area contributed by atoms with E-state index in [0.29, 0.717) is 13.2 Å². The lowest BCUT2D eigenvalue weighted by Gasteiger charge is -2.39.